The average molecular weight is 384 g/mol. The first-order valence-electron chi connectivity index (χ1n) is 9.73. The number of benzene rings is 1. The van der Waals surface area contributed by atoms with Gasteiger partial charge in [0.25, 0.3) is 0 Å². The lowest BCUT2D eigenvalue weighted by Crippen LogP contribution is -2.46. The summed E-state index contributed by atoms with van der Waals surface area (Å²) < 4.78 is 16.3. The molecular weight excluding hydrogens is 360 g/mol. The van der Waals surface area contributed by atoms with E-state index >= 15 is 0 Å². The molecule has 2 saturated heterocycles. The molecule has 28 heavy (non-hydrogen) atoms. The molecule has 9 heteroatoms. The Labute approximate surface area is 163 Å². The number of hydrogen-bond donors (Lipinski definition) is 0. The molecule has 9 nitrogen and oxygen atoms in total. The lowest BCUT2D eigenvalue weighted by atomic mass is 10.1. The van der Waals surface area contributed by atoms with E-state index in [1.54, 1.807) is 6.20 Å². The highest BCUT2D eigenvalue weighted by atomic mass is 16.7. The van der Waals surface area contributed by atoms with Crippen molar-refractivity contribution in [3.63, 3.8) is 0 Å². The minimum absolute atomic E-state index is 0.314. The molecule has 5 rings (SSSR count). The molecule has 0 saturated carbocycles. The van der Waals surface area contributed by atoms with Crippen molar-refractivity contribution in [2.24, 2.45) is 0 Å². The predicted molar refractivity (Wildman–Crippen MR) is 103 cm³/mol. The summed E-state index contributed by atoms with van der Waals surface area (Å²) in [7, 11) is 0. The van der Waals surface area contributed by atoms with Crippen molar-refractivity contribution in [2.45, 2.75) is 6.54 Å². The summed E-state index contributed by atoms with van der Waals surface area (Å²) >= 11 is 0. The molecule has 0 aliphatic carbocycles. The van der Waals surface area contributed by atoms with E-state index in [0.717, 1.165) is 76.3 Å². The predicted octanol–water partition coefficient (Wildman–Crippen LogP) is 0.759. The summed E-state index contributed by atoms with van der Waals surface area (Å²) in [6.45, 7) is 8.07. The molecule has 4 heterocycles. The Balaban J connectivity index is 1.19. The van der Waals surface area contributed by atoms with Gasteiger partial charge in [-0.25, -0.2) is 0 Å². The maximum Gasteiger partial charge on any atom is 0.247 e. The maximum atomic E-state index is 5.48. The minimum Gasteiger partial charge on any atom is -0.454 e. The van der Waals surface area contributed by atoms with Crippen molar-refractivity contribution in [2.75, 3.05) is 69.1 Å². The summed E-state index contributed by atoms with van der Waals surface area (Å²) in [6.07, 6.45) is 1.74. The quantitative estimate of drug-likeness (QED) is 0.759. The zero-order valence-electron chi connectivity index (χ0n) is 15.8. The van der Waals surface area contributed by atoms with Crippen LogP contribution in [-0.4, -0.2) is 79.4 Å². The molecule has 0 atom stereocenters. The number of rotatable bonds is 4. The number of fused-ring (bicyclic) bond motifs is 1. The van der Waals surface area contributed by atoms with Gasteiger partial charge < -0.3 is 24.0 Å². The van der Waals surface area contributed by atoms with E-state index in [-0.39, 0.29) is 0 Å². The lowest BCUT2D eigenvalue weighted by molar-refractivity contribution is 0.122. The van der Waals surface area contributed by atoms with E-state index in [4.69, 9.17) is 19.2 Å². The van der Waals surface area contributed by atoms with Crippen molar-refractivity contribution >= 4 is 11.8 Å². The summed E-state index contributed by atoms with van der Waals surface area (Å²) in [4.78, 5) is 11.6. The van der Waals surface area contributed by atoms with Gasteiger partial charge in [0.05, 0.1) is 19.4 Å². The molecule has 1 aromatic carbocycles. The van der Waals surface area contributed by atoms with Crippen LogP contribution in [0.3, 0.4) is 0 Å². The topological polar surface area (TPSA) is 76.1 Å². The highest BCUT2D eigenvalue weighted by molar-refractivity contribution is 5.45. The van der Waals surface area contributed by atoms with Gasteiger partial charge in [-0.05, 0) is 17.7 Å². The fourth-order valence-corrected chi connectivity index (χ4v) is 3.77. The van der Waals surface area contributed by atoms with Gasteiger partial charge in [0.2, 0.25) is 12.7 Å². The van der Waals surface area contributed by atoms with E-state index in [1.807, 2.05) is 6.07 Å². The normalized spacial score (nSPS) is 19.9. The monoisotopic (exact) mass is 384 g/mol. The standard InChI is InChI=1S/C19H24N6O3/c1-2-16-17(28-14-27-16)11-15(1)13-23-3-5-25(6-4-23)19-21-18(12-20-22-19)24-7-9-26-10-8-24/h1-2,11-12H,3-10,13-14H2. The molecule has 3 aliphatic rings. The Morgan fingerprint density at radius 2 is 1.71 bits per heavy atom. The van der Waals surface area contributed by atoms with Gasteiger partial charge >= 0.3 is 0 Å². The number of anilines is 2. The van der Waals surface area contributed by atoms with Gasteiger partial charge in [0.15, 0.2) is 17.3 Å². The number of piperazine rings is 1. The average Bonchev–Trinajstić information content (AvgIpc) is 3.23. The van der Waals surface area contributed by atoms with Gasteiger partial charge in [-0.2, -0.15) is 10.1 Å². The van der Waals surface area contributed by atoms with Gasteiger partial charge in [-0.3, -0.25) is 4.90 Å². The van der Waals surface area contributed by atoms with Crippen LogP contribution in [0.5, 0.6) is 11.5 Å². The highest BCUT2D eigenvalue weighted by Gasteiger charge is 2.22. The fraction of sp³-hybridized carbons (Fsp3) is 0.526. The molecule has 2 aromatic rings. The van der Waals surface area contributed by atoms with E-state index in [1.165, 1.54) is 5.56 Å². The van der Waals surface area contributed by atoms with Gasteiger partial charge in [-0.15, -0.1) is 5.10 Å². The smallest absolute Gasteiger partial charge is 0.247 e. The van der Waals surface area contributed by atoms with Crippen LogP contribution in [0, 0.1) is 0 Å². The van der Waals surface area contributed by atoms with E-state index in [2.05, 4.69) is 37.0 Å². The molecule has 2 fully saturated rings. The van der Waals surface area contributed by atoms with Crippen LogP contribution in [0.1, 0.15) is 5.56 Å². The third-order valence-electron chi connectivity index (χ3n) is 5.37. The second kappa shape index (κ2) is 7.76. The SMILES string of the molecule is c1cc2c(cc1CN1CCN(c3nncc(N4CCOCC4)n3)CC1)OCO2. The molecule has 0 spiro atoms. The first-order chi connectivity index (χ1) is 13.8. The second-order valence-corrected chi connectivity index (χ2v) is 7.16. The zero-order valence-corrected chi connectivity index (χ0v) is 15.8. The molecule has 148 valence electrons. The molecule has 0 unspecified atom stereocenters. The summed E-state index contributed by atoms with van der Waals surface area (Å²) in [5, 5.41) is 8.44. The maximum absolute atomic E-state index is 5.48. The summed E-state index contributed by atoms with van der Waals surface area (Å²) in [5.74, 6) is 3.27. The Morgan fingerprint density at radius 1 is 0.893 bits per heavy atom. The molecular formula is C19H24N6O3. The van der Waals surface area contributed by atoms with Crippen LogP contribution >= 0.6 is 0 Å². The first-order valence-corrected chi connectivity index (χ1v) is 9.73. The van der Waals surface area contributed by atoms with Crippen molar-refractivity contribution in [1.29, 1.82) is 0 Å². The largest absolute Gasteiger partial charge is 0.454 e. The summed E-state index contributed by atoms with van der Waals surface area (Å²) in [5.41, 5.74) is 1.24. The van der Waals surface area contributed by atoms with E-state index in [9.17, 15) is 0 Å². The van der Waals surface area contributed by atoms with Crippen LogP contribution in [0.4, 0.5) is 11.8 Å². The number of ether oxygens (including phenoxy) is 3. The van der Waals surface area contributed by atoms with Crippen LogP contribution in [0.2, 0.25) is 0 Å². The Kier molecular flexibility index (Phi) is 4.84. The van der Waals surface area contributed by atoms with Gasteiger partial charge in [0, 0.05) is 45.8 Å². The molecule has 0 bridgehead atoms. The third kappa shape index (κ3) is 3.67. The van der Waals surface area contributed by atoms with E-state index < -0.39 is 0 Å². The highest BCUT2D eigenvalue weighted by Crippen LogP contribution is 2.32. The third-order valence-corrected chi connectivity index (χ3v) is 5.37. The number of morpholine rings is 1. The van der Waals surface area contributed by atoms with Gasteiger partial charge in [0.1, 0.15) is 0 Å². The molecule has 0 N–H and O–H groups in total. The van der Waals surface area contributed by atoms with Crippen molar-refractivity contribution in [1.82, 2.24) is 20.1 Å². The number of aromatic nitrogens is 3. The zero-order chi connectivity index (χ0) is 18.8. The van der Waals surface area contributed by atoms with E-state index in [0.29, 0.717) is 12.7 Å². The van der Waals surface area contributed by atoms with Crippen LogP contribution in [0.25, 0.3) is 0 Å². The molecule has 1 aromatic heterocycles. The fourth-order valence-electron chi connectivity index (χ4n) is 3.77. The van der Waals surface area contributed by atoms with Crippen LogP contribution < -0.4 is 19.3 Å². The lowest BCUT2D eigenvalue weighted by Gasteiger charge is -2.35. The first kappa shape index (κ1) is 17.4. The second-order valence-electron chi connectivity index (χ2n) is 7.16. The van der Waals surface area contributed by atoms with Crippen LogP contribution in [-0.2, 0) is 11.3 Å². The van der Waals surface area contributed by atoms with Gasteiger partial charge in [-0.1, -0.05) is 6.07 Å². The molecule has 0 amide bonds. The van der Waals surface area contributed by atoms with Crippen molar-refractivity contribution in [3.8, 4) is 11.5 Å². The van der Waals surface area contributed by atoms with Crippen molar-refractivity contribution in [3.05, 3.63) is 30.0 Å². The molecule has 3 aliphatic heterocycles. The number of hydrogen-bond acceptors (Lipinski definition) is 9. The Bertz CT molecular complexity index is 821. The molecule has 0 radical (unpaired) electrons. The Morgan fingerprint density at radius 3 is 2.57 bits per heavy atom. The Hall–Kier alpha value is -2.65. The number of nitrogens with zero attached hydrogens (tertiary/aromatic N) is 6. The minimum atomic E-state index is 0.314. The van der Waals surface area contributed by atoms with Crippen molar-refractivity contribution < 1.29 is 14.2 Å². The summed E-state index contributed by atoms with van der Waals surface area (Å²) in [6, 6.07) is 6.18. The van der Waals surface area contributed by atoms with Crippen LogP contribution in [0.15, 0.2) is 24.4 Å².